The van der Waals surface area contributed by atoms with E-state index in [1.54, 1.807) is 0 Å². The van der Waals surface area contributed by atoms with E-state index in [1.807, 2.05) is 0 Å². The molecule has 1 aliphatic heterocycles. The Bertz CT molecular complexity index is 446. The van der Waals surface area contributed by atoms with Crippen LogP contribution in [0.4, 0.5) is 18.9 Å². The van der Waals surface area contributed by atoms with Crippen molar-refractivity contribution in [3.05, 3.63) is 23.8 Å². The lowest BCUT2D eigenvalue weighted by atomic mass is 10.2. The molecule has 7 heteroatoms. The van der Waals surface area contributed by atoms with Crippen molar-refractivity contribution in [3.63, 3.8) is 0 Å². The quantitative estimate of drug-likeness (QED) is 0.862. The van der Waals surface area contributed by atoms with E-state index in [0.717, 1.165) is 25.2 Å². The Labute approximate surface area is 115 Å². The summed E-state index contributed by atoms with van der Waals surface area (Å²) in [5, 5.41) is 0. The number of alkyl halides is 3. The molecule has 2 rings (SSSR count). The third-order valence-corrected chi connectivity index (χ3v) is 3.11. The van der Waals surface area contributed by atoms with Crippen LogP contribution < -0.4 is 10.5 Å². The maximum atomic E-state index is 12.5. The maximum Gasteiger partial charge on any atom is 0.416 e. The highest BCUT2D eigenvalue weighted by molar-refractivity contribution is 5.54. The van der Waals surface area contributed by atoms with Crippen molar-refractivity contribution in [3.8, 4) is 5.75 Å². The van der Waals surface area contributed by atoms with E-state index in [4.69, 9.17) is 15.2 Å². The summed E-state index contributed by atoms with van der Waals surface area (Å²) in [5.41, 5.74) is 4.81. The third kappa shape index (κ3) is 4.01. The first-order chi connectivity index (χ1) is 9.47. The maximum absolute atomic E-state index is 12.5. The molecule has 1 heterocycles. The van der Waals surface area contributed by atoms with Crippen LogP contribution in [0, 0.1) is 0 Å². The average molecular weight is 290 g/mol. The molecular weight excluding hydrogens is 273 g/mol. The minimum atomic E-state index is -4.39. The van der Waals surface area contributed by atoms with Crippen molar-refractivity contribution in [2.24, 2.45) is 0 Å². The van der Waals surface area contributed by atoms with E-state index in [1.165, 1.54) is 6.07 Å². The van der Waals surface area contributed by atoms with Crippen molar-refractivity contribution < 1.29 is 22.6 Å². The van der Waals surface area contributed by atoms with Crippen molar-refractivity contribution in [1.29, 1.82) is 0 Å². The lowest BCUT2D eigenvalue weighted by molar-refractivity contribution is -0.137. The molecule has 0 unspecified atom stereocenters. The number of rotatable bonds is 4. The summed E-state index contributed by atoms with van der Waals surface area (Å²) >= 11 is 0. The summed E-state index contributed by atoms with van der Waals surface area (Å²) < 4.78 is 48.1. The van der Waals surface area contributed by atoms with Crippen LogP contribution >= 0.6 is 0 Å². The highest BCUT2D eigenvalue weighted by Gasteiger charge is 2.30. The van der Waals surface area contributed by atoms with Crippen LogP contribution in [0.5, 0.6) is 5.75 Å². The summed E-state index contributed by atoms with van der Waals surface area (Å²) in [5.74, 6) is 0.284. The number of ether oxygens (including phenoxy) is 2. The molecule has 0 radical (unpaired) electrons. The van der Waals surface area contributed by atoms with Gasteiger partial charge in [-0.15, -0.1) is 0 Å². The number of nitrogens with two attached hydrogens (primary N) is 1. The molecular formula is C13H17F3N2O2. The SMILES string of the molecule is Nc1cc(C(F)(F)F)ccc1OCCN1CCOCC1. The van der Waals surface area contributed by atoms with Gasteiger partial charge in [0.05, 0.1) is 24.5 Å². The van der Waals surface area contributed by atoms with Crippen LogP contribution in [0.25, 0.3) is 0 Å². The predicted molar refractivity (Wildman–Crippen MR) is 68.6 cm³/mol. The van der Waals surface area contributed by atoms with Gasteiger partial charge in [0.2, 0.25) is 0 Å². The first-order valence-electron chi connectivity index (χ1n) is 6.36. The monoisotopic (exact) mass is 290 g/mol. The molecule has 1 aliphatic rings. The highest BCUT2D eigenvalue weighted by atomic mass is 19.4. The Morgan fingerprint density at radius 3 is 2.55 bits per heavy atom. The molecule has 4 nitrogen and oxygen atoms in total. The van der Waals surface area contributed by atoms with Gasteiger partial charge < -0.3 is 15.2 Å². The zero-order valence-electron chi connectivity index (χ0n) is 10.9. The largest absolute Gasteiger partial charge is 0.490 e. The Hall–Kier alpha value is -1.47. The van der Waals surface area contributed by atoms with Gasteiger partial charge in [0, 0.05) is 19.6 Å². The first kappa shape index (κ1) is 14.9. The topological polar surface area (TPSA) is 47.7 Å². The van der Waals surface area contributed by atoms with Crippen molar-refractivity contribution in [2.75, 3.05) is 45.2 Å². The van der Waals surface area contributed by atoms with Crippen LogP contribution in [0.1, 0.15) is 5.56 Å². The third-order valence-electron chi connectivity index (χ3n) is 3.11. The van der Waals surface area contributed by atoms with Crippen LogP contribution in [0.3, 0.4) is 0 Å². The number of nitrogen functional groups attached to an aromatic ring is 1. The standard InChI is InChI=1S/C13H17F3N2O2/c14-13(15,16)10-1-2-12(11(17)9-10)20-8-5-18-3-6-19-7-4-18/h1-2,9H,3-8,17H2. The van der Waals surface area contributed by atoms with Gasteiger partial charge in [-0.25, -0.2) is 0 Å². The van der Waals surface area contributed by atoms with E-state index in [0.29, 0.717) is 26.4 Å². The summed E-state index contributed by atoms with van der Waals surface area (Å²) in [6, 6.07) is 3.13. The van der Waals surface area contributed by atoms with Gasteiger partial charge in [0.1, 0.15) is 12.4 Å². The van der Waals surface area contributed by atoms with E-state index in [9.17, 15) is 13.2 Å². The Balaban J connectivity index is 1.86. The fourth-order valence-electron chi connectivity index (χ4n) is 1.97. The molecule has 20 heavy (non-hydrogen) atoms. The fraction of sp³-hybridized carbons (Fsp3) is 0.538. The van der Waals surface area contributed by atoms with Gasteiger partial charge in [-0.2, -0.15) is 13.2 Å². The lowest BCUT2D eigenvalue weighted by Gasteiger charge is -2.26. The highest BCUT2D eigenvalue weighted by Crippen LogP contribution is 2.33. The molecule has 2 N–H and O–H groups in total. The summed E-state index contributed by atoms with van der Waals surface area (Å²) in [6.07, 6.45) is -4.39. The average Bonchev–Trinajstić information content (AvgIpc) is 2.40. The zero-order chi connectivity index (χ0) is 14.6. The zero-order valence-corrected chi connectivity index (χ0v) is 10.9. The van der Waals surface area contributed by atoms with Gasteiger partial charge in [-0.1, -0.05) is 0 Å². The number of hydrogen-bond donors (Lipinski definition) is 1. The molecule has 1 aromatic carbocycles. The van der Waals surface area contributed by atoms with Crippen molar-refractivity contribution in [2.45, 2.75) is 6.18 Å². The number of morpholine rings is 1. The Morgan fingerprint density at radius 1 is 1.25 bits per heavy atom. The van der Waals surface area contributed by atoms with Gasteiger partial charge >= 0.3 is 6.18 Å². The number of halogens is 3. The second kappa shape index (κ2) is 6.32. The van der Waals surface area contributed by atoms with Crippen molar-refractivity contribution in [1.82, 2.24) is 4.90 Å². The van der Waals surface area contributed by atoms with Crippen LogP contribution in [0.2, 0.25) is 0 Å². The number of hydrogen-bond acceptors (Lipinski definition) is 4. The smallest absolute Gasteiger partial charge is 0.416 e. The molecule has 0 aliphatic carbocycles. The van der Waals surface area contributed by atoms with Crippen LogP contribution in [0.15, 0.2) is 18.2 Å². The molecule has 0 amide bonds. The summed E-state index contributed by atoms with van der Waals surface area (Å²) in [6.45, 7) is 4.15. The van der Waals surface area contributed by atoms with Gasteiger partial charge in [-0.3, -0.25) is 4.90 Å². The fourth-order valence-corrected chi connectivity index (χ4v) is 1.97. The minimum Gasteiger partial charge on any atom is -0.490 e. The molecule has 1 aromatic rings. The minimum absolute atomic E-state index is 0.00167. The van der Waals surface area contributed by atoms with E-state index in [-0.39, 0.29) is 11.4 Å². The summed E-state index contributed by atoms with van der Waals surface area (Å²) in [4.78, 5) is 2.17. The first-order valence-corrected chi connectivity index (χ1v) is 6.36. The van der Waals surface area contributed by atoms with E-state index in [2.05, 4.69) is 4.90 Å². The molecule has 1 saturated heterocycles. The second-order valence-corrected chi connectivity index (χ2v) is 4.55. The van der Waals surface area contributed by atoms with Gasteiger partial charge in [-0.05, 0) is 18.2 Å². The number of nitrogens with zero attached hydrogens (tertiary/aromatic N) is 1. The van der Waals surface area contributed by atoms with Crippen LogP contribution in [-0.2, 0) is 10.9 Å². The number of benzene rings is 1. The molecule has 112 valence electrons. The molecule has 0 atom stereocenters. The lowest BCUT2D eigenvalue weighted by Crippen LogP contribution is -2.38. The second-order valence-electron chi connectivity index (χ2n) is 4.55. The molecule has 0 bridgehead atoms. The molecule has 0 saturated carbocycles. The van der Waals surface area contributed by atoms with E-state index >= 15 is 0 Å². The van der Waals surface area contributed by atoms with Crippen molar-refractivity contribution >= 4 is 5.69 Å². The van der Waals surface area contributed by atoms with Gasteiger partial charge in [0.25, 0.3) is 0 Å². The Morgan fingerprint density at radius 2 is 1.95 bits per heavy atom. The predicted octanol–water partition coefficient (Wildman–Crippen LogP) is 2.00. The van der Waals surface area contributed by atoms with E-state index < -0.39 is 11.7 Å². The Kier molecular flexibility index (Phi) is 4.72. The molecule has 0 aromatic heterocycles. The van der Waals surface area contributed by atoms with Crippen LogP contribution in [-0.4, -0.2) is 44.4 Å². The summed E-state index contributed by atoms with van der Waals surface area (Å²) in [7, 11) is 0. The normalized spacial score (nSPS) is 17.1. The molecule has 1 fully saturated rings. The molecule has 0 spiro atoms. The number of anilines is 1. The van der Waals surface area contributed by atoms with Gasteiger partial charge in [0.15, 0.2) is 0 Å².